The topological polar surface area (TPSA) is 52.7 Å². The highest BCUT2D eigenvalue weighted by atomic mass is 32.2. The van der Waals surface area contributed by atoms with E-state index < -0.39 is 26.7 Å². The maximum absolute atomic E-state index is 13.1. The fraction of sp³-hybridized carbons (Fsp3) is 0.647. The van der Waals surface area contributed by atoms with Gasteiger partial charge in [0.05, 0.1) is 10.5 Å². The molecule has 0 amide bonds. The van der Waals surface area contributed by atoms with Crippen molar-refractivity contribution >= 4 is 10.0 Å². The van der Waals surface area contributed by atoms with Crippen LogP contribution in [0.4, 0.5) is 13.2 Å². The molecule has 148 valence electrons. The average molecular weight is 393 g/mol. The van der Waals surface area contributed by atoms with Crippen molar-refractivity contribution in [2.24, 2.45) is 5.92 Å². The molecule has 0 aliphatic carbocycles. The molecule has 0 saturated carbocycles. The second-order valence-electron chi connectivity index (χ2n) is 7.00. The van der Waals surface area contributed by atoms with Gasteiger partial charge in [0.2, 0.25) is 10.0 Å². The predicted molar refractivity (Wildman–Crippen MR) is 94.3 cm³/mol. The van der Waals surface area contributed by atoms with Gasteiger partial charge in [0.1, 0.15) is 0 Å². The van der Waals surface area contributed by atoms with E-state index in [2.05, 4.69) is 14.5 Å². The van der Waals surface area contributed by atoms with E-state index >= 15 is 0 Å². The molecule has 1 aromatic carbocycles. The second-order valence-corrected chi connectivity index (χ2v) is 8.73. The molecule has 1 aromatic rings. The Labute approximate surface area is 153 Å². The van der Waals surface area contributed by atoms with Gasteiger partial charge in [0.15, 0.2) is 0 Å². The van der Waals surface area contributed by atoms with E-state index in [0.717, 1.165) is 38.3 Å². The summed E-state index contributed by atoms with van der Waals surface area (Å²) in [5, 5.41) is 0. The number of sulfonamides is 1. The first-order valence-corrected chi connectivity index (χ1v) is 10.1. The number of alkyl halides is 3. The lowest BCUT2D eigenvalue weighted by atomic mass is 10.0. The van der Waals surface area contributed by atoms with Gasteiger partial charge in [-0.1, -0.05) is 26.0 Å². The minimum absolute atomic E-state index is 0.0727. The molecule has 5 nitrogen and oxygen atoms in total. The molecule has 0 aromatic heterocycles. The first kappa shape index (κ1) is 21.1. The Morgan fingerprint density at radius 3 is 2.23 bits per heavy atom. The van der Waals surface area contributed by atoms with Crippen LogP contribution in [0.25, 0.3) is 0 Å². The van der Waals surface area contributed by atoms with Gasteiger partial charge in [-0.3, -0.25) is 4.90 Å². The summed E-state index contributed by atoms with van der Waals surface area (Å²) < 4.78 is 66.8. The molecular weight excluding hydrogens is 367 g/mol. The first-order chi connectivity index (χ1) is 12.0. The van der Waals surface area contributed by atoms with E-state index in [1.807, 2.05) is 20.9 Å². The second kappa shape index (κ2) is 8.24. The molecular formula is C17H26F3N3O2S. The van der Waals surface area contributed by atoms with Crippen LogP contribution in [0.5, 0.6) is 0 Å². The molecule has 26 heavy (non-hydrogen) atoms. The number of rotatable bonds is 6. The van der Waals surface area contributed by atoms with Crippen molar-refractivity contribution in [2.45, 2.75) is 31.0 Å². The third-order valence-corrected chi connectivity index (χ3v) is 6.22. The molecule has 1 N–H and O–H groups in total. The summed E-state index contributed by atoms with van der Waals surface area (Å²) in [5.41, 5.74) is -1.15. The highest BCUT2D eigenvalue weighted by Gasteiger charge is 2.37. The molecule has 0 radical (unpaired) electrons. The van der Waals surface area contributed by atoms with Crippen molar-refractivity contribution in [1.82, 2.24) is 14.5 Å². The monoisotopic (exact) mass is 393 g/mol. The lowest BCUT2D eigenvalue weighted by Crippen LogP contribution is -2.54. The summed E-state index contributed by atoms with van der Waals surface area (Å²) in [6.07, 6.45) is -4.72. The van der Waals surface area contributed by atoms with E-state index in [0.29, 0.717) is 0 Å². The normalized spacial score (nSPS) is 19.0. The summed E-state index contributed by atoms with van der Waals surface area (Å²) in [7, 11) is -2.23. The third kappa shape index (κ3) is 5.18. The summed E-state index contributed by atoms with van der Waals surface area (Å²) in [6, 6.07) is 4.18. The van der Waals surface area contributed by atoms with Gasteiger partial charge in [-0.15, -0.1) is 0 Å². The Bertz CT molecular complexity index is 699. The van der Waals surface area contributed by atoms with E-state index in [4.69, 9.17) is 0 Å². The fourth-order valence-corrected chi connectivity index (χ4v) is 4.42. The van der Waals surface area contributed by atoms with E-state index in [1.54, 1.807) is 0 Å². The van der Waals surface area contributed by atoms with Gasteiger partial charge >= 0.3 is 6.18 Å². The minimum Gasteiger partial charge on any atom is -0.304 e. The summed E-state index contributed by atoms with van der Waals surface area (Å²) in [6.45, 7) is 7.43. The smallest absolute Gasteiger partial charge is 0.304 e. The van der Waals surface area contributed by atoms with Crippen molar-refractivity contribution in [2.75, 3.05) is 39.8 Å². The zero-order chi connectivity index (χ0) is 19.5. The first-order valence-electron chi connectivity index (χ1n) is 8.61. The molecule has 1 heterocycles. The number of hydrogen-bond acceptors (Lipinski definition) is 4. The Morgan fingerprint density at radius 1 is 1.12 bits per heavy atom. The Hall–Kier alpha value is -1.16. The molecule has 1 atom stereocenters. The lowest BCUT2D eigenvalue weighted by Gasteiger charge is -2.39. The molecule has 1 saturated heterocycles. The number of piperazine rings is 1. The van der Waals surface area contributed by atoms with Gasteiger partial charge in [0, 0.05) is 38.8 Å². The average Bonchev–Trinajstić information content (AvgIpc) is 2.55. The van der Waals surface area contributed by atoms with Crippen LogP contribution in [0.1, 0.15) is 19.4 Å². The van der Waals surface area contributed by atoms with Crippen molar-refractivity contribution in [1.29, 1.82) is 0 Å². The zero-order valence-corrected chi connectivity index (χ0v) is 16.1. The van der Waals surface area contributed by atoms with Crippen LogP contribution in [-0.2, 0) is 16.2 Å². The van der Waals surface area contributed by atoms with Gasteiger partial charge < -0.3 is 4.90 Å². The molecule has 0 spiro atoms. The number of benzene rings is 1. The van der Waals surface area contributed by atoms with Crippen LogP contribution in [0.15, 0.2) is 29.2 Å². The van der Waals surface area contributed by atoms with Crippen LogP contribution in [0.2, 0.25) is 0 Å². The summed E-state index contributed by atoms with van der Waals surface area (Å²) >= 11 is 0. The Kier molecular flexibility index (Phi) is 6.70. The Balaban J connectivity index is 2.16. The predicted octanol–water partition coefficient (Wildman–Crippen LogP) is 2.26. The number of hydrogen-bond donors (Lipinski definition) is 1. The maximum Gasteiger partial charge on any atom is 0.417 e. The van der Waals surface area contributed by atoms with Gasteiger partial charge in [-0.2, -0.15) is 13.2 Å². The van der Waals surface area contributed by atoms with E-state index in [-0.39, 0.29) is 18.5 Å². The van der Waals surface area contributed by atoms with Gasteiger partial charge in [-0.25, -0.2) is 13.1 Å². The maximum atomic E-state index is 13.1. The van der Waals surface area contributed by atoms with E-state index in [9.17, 15) is 21.6 Å². The number of halogens is 3. The molecule has 1 aliphatic heterocycles. The highest BCUT2D eigenvalue weighted by Crippen LogP contribution is 2.33. The van der Waals surface area contributed by atoms with Crippen LogP contribution in [0.3, 0.4) is 0 Å². The van der Waals surface area contributed by atoms with Crippen LogP contribution in [0, 0.1) is 5.92 Å². The minimum atomic E-state index is -4.72. The quantitative estimate of drug-likeness (QED) is 0.806. The standard InChI is InChI=1S/C17H26F3N3O2S/c1-13(2)15(23-10-8-22(3)9-11-23)12-21-26(24,25)16-7-5-4-6-14(16)17(18,19)20/h4-7,13,15,21H,8-12H2,1-3H3. The van der Waals surface area contributed by atoms with Crippen molar-refractivity contribution in [3.05, 3.63) is 29.8 Å². The van der Waals surface area contributed by atoms with Gasteiger partial charge in [0.25, 0.3) is 0 Å². The van der Waals surface area contributed by atoms with Crippen LogP contribution < -0.4 is 4.72 Å². The van der Waals surface area contributed by atoms with Crippen molar-refractivity contribution < 1.29 is 21.6 Å². The Morgan fingerprint density at radius 2 is 1.69 bits per heavy atom. The zero-order valence-electron chi connectivity index (χ0n) is 15.3. The molecule has 0 bridgehead atoms. The molecule has 1 fully saturated rings. The van der Waals surface area contributed by atoms with E-state index in [1.165, 1.54) is 12.1 Å². The molecule has 2 rings (SSSR count). The molecule has 1 unspecified atom stereocenters. The van der Waals surface area contributed by atoms with Gasteiger partial charge in [-0.05, 0) is 25.1 Å². The summed E-state index contributed by atoms with van der Waals surface area (Å²) in [5.74, 6) is 0.166. The van der Waals surface area contributed by atoms with Crippen molar-refractivity contribution in [3.8, 4) is 0 Å². The van der Waals surface area contributed by atoms with Crippen molar-refractivity contribution in [3.63, 3.8) is 0 Å². The number of nitrogens with zero attached hydrogens (tertiary/aromatic N) is 2. The summed E-state index contributed by atoms with van der Waals surface area (Å²) in [4.78, 5) is 3.66. The van der Waals surface area contributed by atoms with Crippen LogP contribution in [-0.4, -0.2) is 64.0 Å². The number of likely N-dealkylation sites (N-methyl/N-ethyl adjacent to an activating group) is 1. The fourth-order valence-electron chi connectivity index (χ4n) is 3.15. The van der Waals surface area contributed by atoms with Crippen LogP contribution >= 0.6 is 0 Å². The number of nitrogens with one attached hydrogen (secondary N) is 1. The third-order valence-electron chi connectivity index (χ3n) is 4.74. The SMILES string of the molecule is CC(C)C(CNS(=O)(=O)c1ccccc1C(F)(F)F)N1CCN(C)CC1. The molecule has 9 heteroatoms. The largest absolute Gasteiger partial charge is 0.417 e. The lowest BCUT2D eigenvalue weighted by molar-refractivity contribution is -0.139. The molecule has 1 aliphatic rings. The highest BCUT2D eigenvalue weighted by molar-refractivity contribution is 7.89.